The van der Waals surface area contributed by atoms with E-state index in [4.69, 9.17) is 4.74 Å². The molecule has 2 heterocycles. The second kappa shape index (κ2) is 6.37. The first kappa shape index (κ1) is 15.0. The molecule has 0 radical (unpaired) electrons. The lowest BCUT2D eigenvalue weighted by atomic mass is 9.91. The highest BCUT2D eigenvalue weighted by molar-refractivity contribution is 5.90. The molecule has 0 bridgehead atoms. The van der Waals surface area contributed by atoms with E-state index in [-0.39, 0.29) is 17.4 Å². The van der Waals surface area contributed by atoms with E-state index < -0.39 is 0 Å². The molecule has 112 valence electrons. The normalized spacial score (nSPS) is 19.9. The van der Waals surface area contributed by atoms with Gasteiger partial charge in [-0.1, -0.05) is 20.8 Å². The fraction of sp³-hybridized carbons (Fsp3) is 0.714. The molecule has 0 aromatic carbocycles. The van der Waals surface area contributed by atoms with Gasteiger partial charge >= 0.3 is 0 Å². The number of carbonyl (C=O) groups is 1. The van der Waals surface area contributed by atoms with Crippen LogP contribution in [0.5, 0.6) is 0 Å². The summed E-state index contributed by atoms with van der Waals surface area (Å²) in [6, 6.07) is 1.99. The number of aromatic nitrogens is 2. The Morgan fingerprint density at radius 3 is 3.00 bits per heavy atom. The van der Waals surface area contributed by atoms with Gasteiger partial charge in [-0.25, -0.2) is 0 Å². The number of morpholine rings is 1. The number of H-pyrrole nitrogens is 1. The highest BCUT2D eigenvalue weighted by atomic mass is 16.5. The Morgan fingerprint density at radius 1 is 1.55 bits per heavy atom. The van der Waals surface area contributed by atoms with Crippen LogP contribution in [-0.4, -0.2) is 41.9 Å². The zero-order chi connectivity index (χ0) is 14.6. The van der Waals surface area contributed by atoms with Crippen molar-refractivity contribution in [3.63, 3.8) is 0 Å². The minimum atomic E-state index is -0.0400. The highest BCUT2D eigenvalue weighted by Gasteiger charge is 2.18. The van der Waals surface area contributed by atoms with Crippen molar-refractivity contribution in [1.29, 1.82) is 0 Å². The highest BCUT2D eigenvalue weighted by Crippen LogP contribution is 2.20. The van der Waals surface area contributed by atoms with E-state index in [0.717, 1.165) is 18.7 Å². The largest absolute Gasteiger partial charge is 0.378 e. The van der Waals surface area contributed by atoms with E-state index in [1.54, 1.807) is 0 Å². The fourth-order valence-electron chi connectivity index (χ4n) is 2.26. The van der Waals surface area contributed by atoms with Crippen LogP contribution in [0.1, 0.15) is 32.9 Å². The van der Waals surface area contributed by atoms with E-state index >= 15 is 0 Å². The van der Waals surface area contributed by atoms with Gasteiger partial charge in [-0.3, -0.25) is 9.89 Å². The van der Waals surface area contributed by atoms with Crippen LogP contribution in [-0.2, 0) is 16.0 Å². The van der Waals surface area contributed by atoms with Crippen molar-refractivity contribution in [3.8, 4) is 0 Å². The van der Waals surface area contributed by atoms with Crippen molar-refractivity contribution >= 4 is 11.7 Å². The summed E-state index contributed by atoms with van der Waals surface area (Å²) in [4.78, 5) is 11.9. The van der Waals surface area contributed by atoms with E-state index in [9.17, 15) is 4.79 Å². The molecule has 1 unspecified atom stereocenters. The molecule has 0 saturated carbocycles. The molecule has 3 N–H and O–H groups in total. The van der Waals surface area contributed by atoms with Crippen LogP contribution in [0.25, 0.3) is 0 Å². The molecule has 1 saturated heterocycles. The van der Waals surface area contributed by atoms with Crippen molar-refractivity contribution < 1.29 is 9.53 Å². The summed E-state index contributed by atoms with van der Waals surface area (Å²) in [6.07, 6.45) is 1.30. The molecule has 2 rings (SSSR count). The van der Waals surface area contributed by atoms with Gasteiger partial charge in [0.25, 0.3) is 0 Å². The van der Waals surface area contributed by atoms with Crippen LogP contribution in [0.4, 0.5) is 5.82 Å². The molecular formula is C14H24N4O2. The summed E-state index contributed by atoms with van der Waals surface area (Å²) in [5, 5.41) is 13.2. The molecule has 1 aliphatic heterocycles. The summed E-state index contributed by atoms with van der Waals surface area (Å²) >= 11 is 0. The Kier molecular flexibility index (Phi) is 4.77. The number of aromatic amines is 1. The van der Waals surface area contributed by atoms with Gasteiger partial charge in [-0.2, -0.15) is 5.10 Å². The summed E-state index contributed by atoms with van der Waals surface area (Å²) in [7, 11) is 0. The number of ether oxygens (including phenoxy) is 1. The Balaban J connectivity index is 1.82. The summed E-state index contributed by atoms with van der Waals surface area (Å²) in [5.74, 6) is 0.549. The first-order chi connectivity index (χ1) is 9.42. The number of anilines is 1. The molecule has 1 atom stereocenters. The number of hydrogen-bond acceptors (Lipinski definition) is 4. The van der Waals surface area contributed by atoms with Gasteiger partial charge in [0.15, 0.2) is 5.82 Å². The zero-order valence-corrected chi connectivity index (χ0v) is 12.5. The van der Waals surface area contributed by atoms with Crippen molar-refractivity contribution in [1.82, 2.24) is 15.5 Å². The quantitative estimate of drug-likeness (QED) is 0.777. The molecule has 1 amide bonds. The molecule has 1 aliphatic rings. The number of nitrogens with zero attached hydrogens (tertiary/aromatic N) is 1. The van der Waals surface area contributed by atoms with Crippen LogP contribution >= 0.6 is 0 Å². The number of nitrogens with one attached hydrogen (secondary N) is 3. The van der Waals surface area contributed by atoms with Gasteiger partial charge in [0, 0.05) is 30.8 Å². The zero-order valence-electron chi connectivity index (χ0n) is 12.5. The average molecular weight is 280 g/mol. The van der Waals surface area contributed by atoms with Crippen LogP contribution in [0, 0.1) is 5.41 Å². The second-order valence-electron chi connectivity index (χ2n) is 6.49. The van der Waals surface area contributed by atoms with Crippen molar-refractivity contribution in [3.05, 3.63) is 11.8 Å². The third kappa shape index (κ3) is 4.94. The van der Waals surface area contributed by atoms with Crippen molar-refractivity contribution in [2.75, 3.05) is 25.1 Å². The molecule has 6 heteroatoms. The maximum absolute atomic E-state index is 11.9. The summed E-state index contributed by atoms with van der Waals surface area (Å²) in [6.45, 7) is 8.61. The molecule has 0 aliphatic carbocycles. The van der Waals surface area contributed by atoms with Gasteiger partial charge in [0.05, 0.1) is 13.2 Å². The smallest absolute Gasteiger partial charge is 0.227 e. The molecule has 1 aromatic rings. The van der Waals surface area contributed by atoms with E-state index in [0.29, 0.717) is 25.5 Å². The van der Waals surface area contributed by atoms with Gasteiger partial charge in [0.1, 0.15) is 0 Å². The predicted molar refractivity (Wildman–Crippen MR) is 77.6 cm³/mol. The van der Waals surface area contributed by atoms with Gasteiger partial charge in [-0.05, 0) is 11.8 Å². The second-order valence-corrected chi connectivity index (χ2v) is 6.49. The molecular weight excluding hydrogens is 256 g/mol. The van der Waals surface area contributed by atoms with Gasteiger partial charge < -0.3 is 15.4 Å². The molecule has 1 aromatic heterocycles. The first-order valence-electron chi connectivity index (χ1n) is 7.08. The lowest BCUT2D eigenvalue weighted by Gasteiger charge is -2.22. The average Bonchev–Trinajstić information content (AvgIpc) is 2.75. The molecule has 0 spiro atoms. The Hall–Kier alpha value is -1.40. The van der Waals surface area contributed by atoms with Crippen LogP contribution < -0.4 is 10.6 Å². The number of amides is 1. The monoisotopic (exact) mass is 280 g/mol. The third-order valence-corrected chi connectivity index (χ3v) is 3.05. The van der Waals surface area contributed by atoms with Crippen LogP contribution in [0.15, 0.2) is 6.07 Å². The minimum Gasteiger partial charge on any atom is -0.378 e. The number of carbonyl (C=O) groups excluding carboxylic acids is 1. The number of hydrogen-bond donors (Lipinski definition) is 3. The SMILES string of the molecule is CC(C)(C)Cc1cc(NC(=O)CC2COCCN2)n[nH]1. The fourth-order valence-corrected chi connectivity index (χ4v) is 2.26. The maximum atomic E-state index is 11.9. The van der Waals surface area contributed by atoms with Crippen LogP contribution in [0.3, 0.4) is 0 Å². The Morgan fingerprint density at radius 2 is 2.35 bits per heavy atom. The lowest BCUT2D eigenvalue weighted by Crippen LogP contribution is -2.43. The predicted octanol–water partition coefficient (Wildman–Crippen LogP) is 1.32. The first-order valence-corrected chi connectivity index (χ1v) is 7.08. The molecule has 1 fully saturated rings. The lowest BCUT2D eigenvalue weighted by molar-refractivity contribution is -0.117. The molecule has 20 heavy (non-hydrogen) atoms. The van der Waals surface area contributed by atoms with Gasteiger partial charge in [-0.15, -0.1) is 0 Å². The van der Waals surface area contributed by atoms with Gasteiger partial charge in [0.2, 0.25) is 5.91 Å². The Labute approximate surface area is 119 Å². The summed E-state index contributed by atoms with van der Waals surface area (Å²) in [5.41, 5.74) is 1.23. The standard InChI is InChI=1S/C14H24N4O2/c1-14(2,3)8-10-6-12(18-17-10)16-13(19)7-11-9-20-5-4-15-11/h6,11,15H,4-5,7-9H2,1-3H3,(H2,16,17,18,19). The topological polar surface area (TPSA) is 79.0 Å². The Bertz CT molecular complexity index is 444. The summed E-state index contributed by atoms with van der Waals surface area (Å²) < 4.78 is 5.33. The van der Waals surface area contributed by atoms with E-state index in [1.807, 2.05) is 6.07 Å². The molecule has 6 nitrogen and oxygen atoms in total. The van der Waals surface area contributed by atoms with Crippen molar-refractivity contribution in [2.24, 2.45) is 5.41 Å². The van der Waals surface area contributed by atoms with E-state index in [1.165, 1.54) is 0 Å². The van der Waals surface area contributed by atoms with Crippen molar-refractivity contribution in [2.45, 2.75) is 39.7 Å². The third-order valence-electron chi connectivity index (χ3n) is 3.05. The van der Waals surface area contributed by atoms with E-state index in [2.05, 4.69) is 41.6 Å². The minimum absolute atomic E-state index is 0.0400. The maximum Gasteiger partial charge on any atom is 0.227 e. The van der Waals surface area contributed by atoms with Crippen LogP contribution in [0.2, 0.25) is 0 Å². The number of rotatable bonds is 4.